The Balaban J connectivity index is 2.02. The molecule has 21 heavy (non-hydrogen) atoms. The Kier molecular flexibility index (Phi) is 7.21. The molecule has 1 heterocycles. The number of carbonyl (C=O) groups is 1. The number of hydrogen-bond donors (Lipinski definition) is 0. The van der Waals surface area contributed by atoms with Crippen LogP contribution in [0.5, 0.6) is 0 Å². The van der Waals surface area contributed by atoms with E-state index < -0.39 is 0 Å². The van der Waals surface area contributed by atoms with Crippen molar-refractivity contribution in [3.8, 4) is 0 Å². The van der Waals surface area contributed by atoms with Crippen LogP contribution in [0.25, 0.3) is 0 Å². The Morgan fingerprint density at radius 1 is 0.952 bits per heavy atom. The molecule has 0 aromatic carbocycles. The van der Waals surface area contributed by atoms with Crippen LogP contribution in [0.4, 0.5) is 0 Å². The zero-order valence-electron chi connectivity index (χ0n) is 14.4. The largest absolute Gasteiger partial charge is 0.466 e. The first-order valence-electron chi connectivity index (χ1n) is 8.30. The van der Waals surface area contributed by atoms with Gasteiger partial charge >= 0.3 is 13.1 Å². The third-order valence-corrected chi connectivity index (χ3v) is 4.43. The molecule has 5 heteroatoms. The van der Waals surface area contributed by atoms with Gasteiger partial charge in [-0.15, -0.1) is 0 Å². The number of carbonyl (C=O) groups excluding carboxylic acids is 1. The summed E-state index contributed by atoms with van der Waals surface area (Å²) in [6, 6.07) is 0. The monoisotopic (exact) mass is 298 g/mol. The van der Waals surface area contributed by atoms with Crippen molar-refractivity contribution >= 4 is 13.1 Å². The van der Waals surface area contributed by atoms with Gasteiger partial charge in [0.2, 0.25) is 0 Å². The molecule has 1 aliphatic heterocycles. The topological polar surface area (TPSA) is 44.8 Å². The van der Waals surface area contributed by atoms with Crippen LogP contribution in [0.15, 0.2) is 0 Å². The molecule has 0 aromatic rings. The summed E-state index contributed by atoms with van der Waals surface area (Å²) in [7, 11) is -0.0745. The summed E-state index contributed by atoms with van der Waals surface area (Å²) in [6.45, 7) is 10.7. The predicted octanol–water partition coefficient (Wildman–Crippen LogP) is 3.98. The molecule has 0 N–H and O–H groups in total. The van der Waals surface area contributed by atoms with Crippen molar-refractivity contribution < 1.29 is 18.8 Å². The molecule has 0 spiro atoms. The SMILES string of the molecule is CCOC(=O)CCCCCCCB1OC(C)(C)C(C)(C)O1. The molecule has 1 saturated heterocycles. The van der Waals surface area contributed by atoms with E-state index in [2.05, 4.69) is 27.7 Å². The summed E-state index contributed by atoms with van der Waals surface area (Å²) in [5.41, 5.74) is -0.450. The fraction of sp³-hybridized carbons (Fsp3) is 0.938. The van der Waals surface area contributed by atoms with E-state index >= 15 is 0 Å². The Labute approximate surface area is 130 Å². The zero-order valence-corrected chi connectivity index (χ0v) is 14.4. The van der Waals surface area contributed by atoms with E-state index in [1.54, 1.807) is 0 Å². The lowest BCUT2D eigenvalue weighted by Crippen LogP contribution is -2.41. The molecular weight excluding hydrogens is 267 g/mol. The van der Waals surface area contributed by atoms with Gasteiger partial charge in [-0.1, -0.05) is 25.7 Å². The van der Waals surface area contributed by atoms with Gasteiger partial charge in [-0.25, -0.2) is 0 Å². The smallest absolute Gasteiger partial charge is 0.457 e. The summed E-state index contributed by atoms with van der Waals surface area (Å²) in [6.07, 6.45) is 6.93. The molecule has 122 valence electrons. The van der Waals surface area contributed by atoms with E-state index in [9.17, 15) is 4.79 Å². The lowest BCUT2D eigenvalue weighted by atomic mass is 9.82. The maximum atomic E-state index is 11.2. The van der Waals surface area contributed by atoms with Crippen LogP contribution < -0.4 is 0 Å². The molecule has 0 atom stereocenters. The Morgan fingerprint density at radius 3 is 2.05 bits per heavy atom. The first kappa shape index (κ1) is 18.5. The highest BCUT2D eigenvalue weighted by atomic mass is 16.7. The van der Waals surface area contributed by atoms with Crippen LogP contribution in [0.2, 0.25) is 6.32 Å². The number of ether oxygens (including phenoxy) is 1. The molecule has 1 fully saturated rings. The lowest BCUT2D eigenvalue weighted by Gasteiger charge is -2.32. The van der Waals surface area contributed by atoms with E-state index in [4.69, 9.17) is 14.0 Å². The predicted molar refractivity (Wildman–Crippen MR) is 85.2 cm³/mol. The van der Waals surface area contributed by atoms with Crippen molar-refractivity contribution in [1.29, 1.82) is 0 Å². The molecular formula is C16H31BO4. The van der Waals surface area contributed by atoms with Crippen molar-refractivity contribution in [2.75, 3.05) is 6.61 Å². The molecule has 0 bridgehead atoms. The second kappa shape index (κ2) is 8.18. The third-order valence-electron chi connectivity index (χ3n) is 4.43. The molecule has 0 saturated carbocycles. The average Bonchev–Trinajstić information content (AvgIpc) is 2.57. The van der Waals surface area contributed by atoms with E-state index in [0.717, 1.165) is 38.4 Å². The summed E-state index contributed by atoms with van der Waals surface area (Å²) in [5.74, 6) is -0.0743. The van der Waals surface area contributed by atoms with Gasteiger partial charge < -0.3 is 14.0 Å². The minimum atomic E-state index is -0.225. The normalized spacial score (nSPS) is 19.8. The van der Waals surface area contributed by atoms with Crippen molar-refractivity contribution in [3.05, 3.63) is 0 Å². The summed E-state index contributed by atoms with van der Waals surface area (Å²) < 4.78 is 16.8. The summed E-state index contributed by atoms with van der Waals surface area (Å²) in [4.78, 5) is 11.2. The number of hydrogen-bond acceptors (Lipinski definition) is 4. The van der Waals surface area contributed by atoms with Crippen LogP contribution in [-0.2, 0) is 18.8 Å². The summed E-state index contributed by atoms with van der Waals surface area (Å²) in [5, 5.41) is 0. The van der Waals surface area contributed by atoms with Gasteiger partial charge in [0.05, 0.1) is 17.8 Å². The van der Waals surface area contributed by atoms with Gasteiger partial charge in [-0.3, -0.25) is 4.79 Å². The molecule has 4 nitrogen and oxygen atoms in total. The van der Waals surface area contributed by atoms with Gasteiger partial charge in [0.25, 0.3) is 0 Å². The minimum absolute atomic E-state index is 0.0743. The molecule has 1 aliphatic rings. The van der Waals surface area contributed by atoms with Gasteiger partial charge in [-0.05, 0) is 47.4 Å². The minimum Gasteiger partial charge on any atom is -0.466 e. The van der Waals surface area contributed by atoms with Gasteiger partial charge in [-0.2, -0.15) is 0 Å². The van der Waals surface area contributed by atoms with E-state index in [1.807, 2.05) is 6.92 Å². The average molecular weight is 298 g/mol. The highest BCUT2D eigenvalue weighted by molar-refractivity contribution is 6.45. The molecule has 0 radical (unpaired) electrons. The third kappa shape index (κ3) is 5.99. The van der Waals surface area contributed by atoms with Gasteiger partial charge in [0.15, 0.2) is 0 Å². The van der Waals surface area contributed by atoms with Crippen LogP contribution in [0, 0.1) is 0 Å². The molecule has 0 aliphatic carbocycles. The maximum absolute atomic E-state index is 11.2. The Hall–Kier alpha value is -0.545. The molecule has 1 rings (SSSR count). The van der Waals surface area contributed by atoms with Crippen LogP contribution in [0.1, 0.15) is 73.1 Å². The quantitative estimate of drug-likeness (QED) is 0.367. The summed E-state index contributed by atoms with van der Waals surface area (Å²) >= 11 is 0. The van der Waals surface area contributed by atoms with Crippen LogP contribution in [-0.4, -0.2) is 30.9 Å². The zero-order chi connectivity index (χ0) is 15.9. The first-order valence-corrected chi connectivity index (χ1v) is 8.30. The van der Waals surface area contributed by atoms with Crippen LogP contribution >= 0.6 is 0 Å². The molecule has 0 unspecified atom stereocenters. The highest BCUT2D eigenvalue weighted by Crippen LogP contribution is 2.38. The van der Waals surface area contributed by atoms with Crippen LogP contribution in [0.3, 0.4) is 0 Å². The van der Waals surface area contributed by atoms with Gasteiger partial charge in [0, 0.05) is 6.42 Å². The second-order valence-electron chi connectivity index (χ2n) is 6.80. The standard InChI is InChI=1S/C16H31BO4/c1-6-19-14(18)12-10-8-7-9-11-13-17-20-15(2,3)16(4,5)21-17/h6-13H2,1-5H3. The van der Waals surface area contributed by atoms with Crippen molar-refractivity contribution in [1.82, 2.24) is 0 Å². The molecule has 0 aromatic heterocycles. The van der Waals surface area contributed by atoms with E-state index in [1.165, 1.54) is 0 Å². The van der Waals surface area contributed by atoms with Crippen molar-refractivity contribution in [2.24, 2.45) is 0 Å². The van der Waals surface area contributed by atoms with Crippen molar-refractivity contribution in [3.63, 3.8) is 0 Å². The van der Waals surface area contributed by atoms with Gasteiger partial charge in [0.1, 0.15) is 0 Å². The number of unbranched alkanes of at least 4 members (excludes halogenated alkanes) is 4. The number of rotatable bonds is 9. The number of esters is 1. The van der Waals surface area contributed by atoms with Crippen molar-refractivity contribution in [2.45, 2.75) is 90.7 Å². The lowest BCUT2D eigenvalue weighted by molar-refractivity contribution is -0.143. The van der Waals surface area contributed by atoms with E-state index in [-0.39, 0.29) is 24.3 Å². The fourth-order valence-electron chi connectivity index (χ4n) is 2.43. The second-order valence-corrected chi connectivity index (χ2v) is 6.80. The van der Waals surface area contributed by atoms with E-state index in [0.29, 0.717) is 13.0 Å². The first-order chi connectivity index (χ1) is 9.78. The Bertz CT molecular complexity index is 312. The highest BCUT2D eigenvalue weighted by Gasteiger charge is 2.50. The Morgan fingerprint density at radius 2 is 1.48 bits per heavy atom. The maximum Gasteiger partial charge on any atom is 0.457 e. The fourth-order valence-corrected chi connectivity index (χ4v) is 2.43. The molecule has 0 amide bonds.